The number of aryl methyl sites for hydroxylation is 1. The van der Waals surface area contributed by atoms with Crippen LogP contribution in [0.25, 0.3) is 0 Å². The molecule has 106 valence electrons. The number of pyridine rings is 1. The summed E-state index contributed by atoms with van der Waals surface area (Å²) in [5, 5.41) is 3.45. The molecule has 2 rings (SSSR count). The third kappa shape index (κ3) is 4.29. The molecule has 0 amide bonds. The van der Waals surface area contributed by atoms with Gasteiger partial charge in [0.05, 0.1) is 5.69 Å². The van der Waals surface area contributed by atoms with Gasteiger partial charge in [-0.2, -0.15) is 0 Å². The molecule has 0 bridgehead atoms. The highest BCUT2D eigenvalue weighted by Crippen LogP contribution is 2.17. The minimum atomic E-state index is 0.580. The molecule has 0 saturated carbocycles. The zero-order valence-corrected chi connectivity index (χ0v) is 12.5. The van der Waals surface area contributed by atoms with Crippen LogP contribution in [0.3, 0.4) is 0 Å². The molecule has 3 heteroatoms. The molecule has 1 fully saturated rings. The largest absolute Gasteiger partial charge is 0.317 e. The van der Waals surface area contributed by atoms with Crippen molar-refractivity contribution in [2.45, 2.75) is 46.2 Å². The van der Waals surface area contributed by atoms with E-state index < -0.39 is 0 Å². The van der Waals surface area contributed by atoms with Crippen molar-refractivity contribution in [1.82, 2.24) is 15.2 Å². The Labute approximate surface area is 117 Å². The maximum atomic E-state index is 4.54. The van der Waals surface area contributed by atoms with Crippen LogP contribution in [0.5, 0.6) is 0 Å². The van der Waals surface area contributed by atoms with E-state index in [1.54, 1.807) is 0 Å². The van der Waals surface area contributed by atoms with E-state index in [1.807, 2.05) is 12.3 Å². The molecular formula is C16H27N3. The highest BCUT2D eigenvalue weighted by Gasteiger charge is 2.19. The van der Waals surface area contributed by atoms with E-state index >= 15 is 0 Å². The summed E-state index contributed by atoms with van der Waals surface area (Å²) in [5.41, 5.74) is 2.53. The summed E-state index contributed by atoms with van der Waals surface area (Å²) in [6.45, 7) is 11.3. The van der Waals surface area contributed by atoms with E-state index in [1.165, 1.54) is 43.7 Å². The Hall–Kier alpha value is -0.930. The van der Waals surface area contributed by atoms with Crippen molar-refractivity contribution in [2.75, 3.05) is 19.6 Å². The fraction of sp³-hybridized carbons (Fsp3) is 0.688. The lowest BCUT2D eigenvalue weighted by Crippen LogP contribution is -2.39. The van der Waals surface area contributed by atoms with Gasteiger partial charge >= 0.3 is 0 Å². The van der Waals surface area contributed by atoms with Crippen LogP contribution in [0.2, 0.25) is 0 Å². The van der Waals surface area contributed by atoms with Crippen molar-refractivity contribution in [3.63, 3.8) is 0 Å². The Kier molecular flexibility index (Phi) is 5.34. The first-order valence-electron chi connectivity index (χ1n) is 7.52. The lowest BCUT2D eigenvalue weighted by atomic mass is 9.97. The third-order valence-corrected chi connectivity index (χ3v) is 4.15. The van der Waals surface area contributed by atoms with Gasteiger partial charge in [-0.25, -0.2) is 0 Å². The molecule has 19 heavy (non-hydrogen) atoms. The molecule has 1 aliphatic heterocycles. The molecule has 3 nitrogen and oxygen atoms in total. The predicted octanol–water partition coefficient (Wildman–Crippen LogP) is 2.60. The van der Waals surface area contributed by atoms with Gasteiger partial charge in [-0.05, 0) is 64.3 Å². The number of aromatic nitrogens is 1. The third-order valence-electron chi connectivity index (χ3n) is 4.15. The first-order valence-corrected chi connectivity index (χ1v) is 7.52. The molecule has 1 saturated heterocycles. The fourth-order valence-corrected chi connectivity index (χ4v) is 2.73. The Morgan fingerprint density at radius 3 is 2.74 bits per heavy atom. The SMILES string of the molecule is Cc1cccnc1CN(CC1CCNCC1)C(C)C. The van der Waals surface area contributed by atoms with E-state index in [0.717, 1.165) is 12.5 Å². The first kappa shape index (κ1) is 14.5. The second kappa shape index (κ2) is 7.01. The number of nitrogens with one attached hydrogen (secondary N) is 1. The van der Waals surface area contributed by atoms with Crippen LogP contribution in [0, 0.1) is 12.8 Å². The molecule has 1 aliphatic rings. The Morgan fingerprint density at radius 2 is 2.11 bits per heavy atom. The zero-order valence-electron chi connectivity index (χ0n) is 12.5. The summed E-state index contributed by atoms with van der Waals surface area (Å²) in [7, 11) is 0. The van der Waals surface area contributed by atoms with Gasteiger partial charge in [0, 0.05) is 25.3 Å². The average Bonchev–Trinajstić information content (AvgIpc) is 2.41. The summed E-state index contributed by atoms with van der Waals surface area (Å²) in [5.74, 6) is 0.840. The van der Waals surface area contributed by atoms with Crippen LogP contribution >= 0.6 is 0 Å². The zero-order chi connectivity index (χ0) is 13.7. The maximum Gasteiger partial charge on any atom is 0.0573 e. The summed E-state index contributed by atoms with van der Waals surface area (Å²) in [6.07, 6.45) is 4.53. The van der Waals surface area contributed by atoms with Crippen LogP contribution in [0.1, 0.15) is 37.9 Å². The van der Waals surface area contributed by atoms with E-state index in [2.05, 4.69) is 42.0 Å². The first-order chi connectivity index (χ1) is 9.16. The van der Waals surface area contributed by atoms with Gasteiger partial charge in [-0.15, -0.1) is 0 Å². The van der Waals surface area contributed by atoms with Crippen LogP contribution in [0.4, 0.5) is 0 Å². The van der Waals surface area contributed by atoms with Gasteiger partial charge < -0.3 is 5.32 Å². The molecule has 0 aliphatic carbocycles. The average molecular weight is 261 g/mol. The lowest BCUT2D eigenvalue weighted by Gasteiger charge is -2.32. The molecular weight excluding hydrogens is 234 g/mol. The molecule has 1 aromatic heterocycles. The molecule has 0 atom stereocenters. The maximum absolute atomic E-state index is 4.54. The van der Waals surface area contributed by atoms with Crippen molar-refractivity contribution in [3.8, 4) is 0 Å². The number of hydrogen-bond acceptors (Lipinski definition) is 3. The topological polar surface area (TPSA) is 28.2 Å². The van der Waals surface area contributed by atoms with Crippen LogP contribution in [-0.2, 0) is 6.54 Å². The number of nitrogens with zero attached hydrogens (tertiary/aromatic N) is 2. The van der Waals surface area contributed by atoms with Crippen molar-refractivity contribution < 1.29 is 0 Å². The van der Waals surface area contributed by atoms with E-state index in [9.17, 15) is 0 Å². The number of rotatable bonds is 5. The fourth-order valence-electron chi connectivity index (χ4n) is 2.73. The number of piperidine rings is 1. The normalized spacial score (nSPS) is 17.3. The number of hydrogen-bond donors (Lipinski definition) is 1. The van der Waals surface area contributed by atoms with Crippen LogP contribution < -0.4 is 5.32 Å². The van der Waals surface area contributed by atoms with Gasteiger partial charge in [-0.3, -0.25) is 9.88 Å². The van der Waals surface area contributed by atoms with Crippen molar-refractivity contribution >= 4 is 0 Å². The minimum absolute atomic E-state index is 0.580. The summed E-state index contributed by atoms with van der Waals surface area (Å²) >= 11 is 0. The summed E-state index contributed by atoms with van der Waals surface area (Å²) < 4.78 is 0. The van der Waals surface area contributed by atoms with Gasteiger partial charge in [0.2, 0.25) is 0 Å². The Balaban J connectivity index is 1.97. The van der Waals surface area contributed by atoms with Crippen molar-refractivity contribution in [3.05, 3.63) is 29.6 Å². The molecule has 2 heterocycles. The second-order valence-corrected chi connectivity index (χ2v) is 5.98. The minimum Gasteiger partial charge on any atom is -0.317 e. The summed E-state index contributed by atoms with van der Waals surface area (Å²) in [4.78, 5) is 7.11. The van der Waals surface area contributed by atoms with E-state index in [4.69, 9.17) is 0 Å². The monoisotopic (exact) mass is 261 g/mol. The molecule has 0 unspecified atom stereocenters. The Morgan fingerprint density at radius 1 is 1.37 bits per heavy atom. The smallest absolute Gasteiger partial charge is 0.0573 e. The van der Waals surface area contributed by atoms with E-state index in [0.29, 0.717) is 6.04 Å². The van der Waals surface area contributed by atoms with E-state index in [-0.39, 0.29) is 0 Å². The van der Waals surface area contributed by atoms with Crippen molar-refractivity contribution in [1.29, 1.82) is 0 Å². The molecule has 1 aromatic rings. The van der Waals surface area contributed by atoms with Gasteiger partial charge in [0.1, 0.15) is 0 Å². The van der Waals surface area contributed by atoms with Gasteiger partial charge in [0.15, 0.2) is 0 Å². The molecule has 0 aromatic carbocycles. The van der Waals surface area contributed by atoms with Crippen LogP contribution in [0.15, 0.2) is 18.3 Å². The van der Waals surface area contributed by atoms with Crippen LogP contribution in [-0.4, -0.2) is 35.6 Å². The van der Waals surface area contributed by atoms with Crippen molar-refractivity contribution in [2.24, 2.45) is 5.92 Å². The van der Waals surface area contributed by atoms with Gasteiger partial charge in [-0.1, -0.05) is 6.07 Å². The molecule has 0 radical (unpaired) electrons. The standard InChI is InChI=1S/C16H27N3/c1-13(2)19(11-15-6-9-17-10-7-15)12-16-14(3)5-4-8-18-16/h4-5,8,13,15,17H,6-7,9-12H2,1-3H3. The predicted molar refractivity (Wildman–Crippen MR) is 80.1 cm³/mol. The highest BCUT2D eigenvalue weighted by atomic mass is 15.2. The van der Waals surface area contributed by atoms with Gasteiger partial charge in [0.25, 0.3) is 0 Å². The summed E-state index contributed by atoms with van der Waals surface area (Å²) in [6, 6.07) is 4.76. The lowest BCUT2D eigenvalue weighted by molar-refractivity contribution is 0.160. The highest BCUT2D eigenvalue weighted by molar-refractivity contribution is 5.17. The Bertz CT molecular complexity index is 383. The molecule has 0 spiro atoms. The molecule has 1 N–H and O–H groups in total. The second-order valence-electron chi connectivity index (χ2n) is 5.98. The quantitative estimate of drug-likeness (QED) is 0.883.